The molecule has 0 aliphatic rings. The fourth-order valence-corrected chi connectivity index (χ4v) is 3.42. The highest BCUT2D eigenvalue weighted by Gasteiger charge is 2.17. The van der Waals surface area contributed by atoms with E-state index in [1.54, 1.807) is 0 Å². The predicted octanol–water partition coefficient (Wildman–Crippen LogP) is 5.70. The van der Waals surface area contributed by atoms with E-state index in [1.807, 2.05) is 14.1 Å². The molecule has 0 bridgehead atoms. The lowest BCUT2D eigenvalue weighted by molar-refractivity contribution is -0.146. The van der Waals surface area contributed by atoms with Gasteiger partial charge in [-0.1, -0.05) is 64.7 Å². The monoisotopic (exact) mass is 440 g/mol. The van der Waals surface area contributed by atoms with E-state index in [1.165, 1.54) is 51.4 Å². The van der Waals surface area contributed by atoms with Crippen LogP contribution in [0.1, 0.15) is 96.8 Å². The van der Waals surface area contributed by atoms with Crippen LogP contribution in [-0.2, 0) is 14.3 Å². The lowest BCUT2D eigenvalue weighted by Gasteiger charge is -2.19. The van der Waals surface area contributed by atoms with Gasteiger partial charge in [0.2, 0.25) is 0 Å². The van der Waals surface area contributed by atoms with Gasteiger partial charge < -0.3 is 19.7 Å². The van der Waals surface area contributed by atoms with Crippen LogP contribution in [0.2, 0.25) is 0 Å². The van der Waals surface area contributed by atoms with Crippen molar-refractivity contribution in [3.8, 4) is 0 Å². The Bertz CT molecular complexity index is 441. The number of hydrogen-bond acceptors (Lipinski definition) is 5. The van der Waals surface area contributed by atoms with Crippen LogP contribution in [0.25, 0.3) is 0 Å². The maximum atomic E-state index is 12.1. The average Bonchev–Trinajstić information content (AvgIpc) is 2.70. The predicted molar refractivity (Wildman–Crippen MR) is 128 cm³/mol. The van der Waals surface area contributed by atoms with Gasteiger partial charge in [0.05, 0.1) is 0 Å². The molecule has 31 heavy (non-hydrogen) atoms. The van der Waals surface area contributed by atoms with Crippen LogP contribution < -0.4 is 5.32 Å². The Morgan fingerprint density at radius 1 is 0.839 bits per heavy atom. The molecule has 6 nitrogen and oxygen atoms in total. The quantitative estimate of drug-likeness (QED) is 0.194. The van der Waals surface area contributed by atoms with E-state index in [-0.39, 0.29) is 18.5 Å². The van der Waals surface area contributed by atoms with Crippen LogP contribution >= 0.6 is 0 Å². The number of alkyl carbamates (subject to hydrolysis) is 1. The van der Waals surface area contributed by atoms with E-state index < -0.39 is 12.2 Å². The highest BCUT2D eigenvalue weighted by atomic mass is 16.6. The lowest BCUT2D eigenvalue weighted by Crippen LogP contribution is -2.31. The minimum absolute atomic E-state index is 0.206. The van der Waals surface area contributed by atoms with Crippen LogP contribution in [0, 0.1) is 13.8 Å². The second-order valence-electron chi connectivity index (χ2n) is 8.73. The third kappa shape index (κ3) is 21.7. The van der Waals surface area contributed by atoms with Gasteiger partial charge in [0, 0.05) is 13.0 Å². The summed E-state index contributed by atoms with van der Waals surface area (Å²) in [5, 5.41) is 2.80. The summed E-state index contributed by atoms with van der Waals surface area (Å²) < 4.78 is 10.6. The van der Waals surface area contributed by atoms with Crippen molar-refractivity contribution in [1.82, 2.24) is 10.2 Å². The number of ether oxygens (including phenoxy) is 2. The number of unbranched alkanes of at least 4 members (excludes halogenated alkanes) is 9. The van der Waals surface area contributed by atoms with E-state index >= 15 is 0 Å². The molecule has 6 heteroatoms. The van der Waals surface area contributed by atoms with Crippen molar-refractivity contribution in [2.75, 3.05) is 27.2 Å². The van der Waals surface area contributed by atoms with Crippen molar-refractivity contribution in [3.63, 3.8) is 0 Å². The summed E-state index contributed by atoms with van der Waals surface area (Å²) in [5.41, 5.74) is 0. The molecule has 0 spiro atoms. The Hall–Kier alpha value is -1.30. The molecule has 0 aliphatic heterocycles. The van der Waals surface area contributed by atoms with Gasteiger partial charge in [0.15, 0.2) is 0 Å². The van der Waals surface area contributed by atoms with Crippen LogP contribution in [-0.4, -0.2) is 56.4 Å². The summed E-state index contributed by atoms with van der Waals surface area (Å²) in [4.78, 5) is 26.0. The van der Waals surface area contributed by atoms with Crippen LogP contribution in [0.15, 0.2) is 0 Å². The normalized spacial score (nSPS) is 12.2. The van der Waals surface area contributed by atoms with Gasteiger partial charge in [0.25, 0.3) is 0 Å². The molecule has 0 saturated carbocycles. The molecule has 0 aromatic carbocycles. The second-order valence-corrected chi connectivity index (χ2v) is 8.73. The molecule has 1 atom stereocenters. The van der Waals surface area contributed by atoms with Crippen molar-refractivity contribution in [1.29, 1.82) is 0 Å². The Balaban J connectivity index is 4.14. The number of nitrogens with one attached hydrogen (secondary N) is 1. The third-order valence-corrected chi connectivity index (χ3v) is 5.17. The van der Waals surface area contributed by atoms with Gasteiger partial charge in [-0.2, -0.15) is 0 Å². The summed E-state index contributed by atoms with van der Waals surface area (Å²) in [6, 6.07) is 0. The first-order valence-electron chi connectivity index (χ1n) is 12.3. The smallest absolute Gasteiger partial charge is 0.407 e. The average molecular weight is 441 g/mol. The molecule has 0 aromatic heterocycles. The summed E-state index contributed by atoms with van der Waals surface area (Å²) in [6.07, 6.45) is 13.6. The Kier molecular flexibility index (Phi) is 19.7. The highest BCUT2D eigenvalue weighted by Crippen LogP contribution is 2.16. The zero-order valence-electron chi connectivity index (χ0n) is 20.5. The molecule has 1 N–H and O–H groups in total. The fourth-order valence-electron chi connectivity index (χ4n) is 3.42. The molecule has 182 valence electrons. The molecular weight excluding hydrogens is 392 g/mol. The second kappa shape index (κ2) is 20.6. The number of esters is 1. The summed E-state index contributed by atoms with van der Waals surface area (Å²) in [5.74, 6) is -0.349. The molecule has 1 amide bonds. The first kappa shape index (κ1) is 29.7. The van der Waals surface area contributed by atoms with Crippen LogP contribution in [0.3, 0.4) is 0 Å². The minimum atomic E-state index is -0.617. The zero-order valence-corrected chi connectivity index (χ0v) is 20.5. The highest BCUT2D eigenvalue weighted by molar-refractivity contribution is 5.70. The maximum absolute atomic E-state index is 12.1. The molecule has 2 radical (unpaired) electrons. The van der Waals surface area contributed by atoms with Crippen molar-refractivity contribution in [2.24, 2.45) is 0 Å². The molecule has 0 rings (SSSR count). The minimum Gasteiger partial charge on any atom is -0.462 e. The molecule has 1 unspecified atom stereocenters. The Labute approximate surface area is 191 Å². The lowest BCUT2D eigenvalue weighted by atomic mass is 10.0. The number of nitrogens with zero attached hydrogens (tertiary/aromatic N) is 1. The molecule has 0 fully saturated rings. The van der Waals surface area contributed by atoms with E-state index in [4.69, 9.17) is 9.47 Å². The van der Waals surface area contributed by atoms with Crippen molar-refractivity contribution >= 4 is 12.1 Å². The maximum Gasteiger partial charge on any atom is 0.407 e. The first-order valence-corrected chi connectivity index (χ1v) is 12.3. The molecule has 0 aliphatic carbocycles. The number of rotatable bonds is 20. The number of carbonyl (C=O) groups is 2. The number of carbonyl (C=O) groups excluding carboxylic acids is 2. The molecule has 0 aromatic rings. The van der Waals surface area contributed by atoms with Crippen molar-refractivity contribution < 1.29 is 19.1 Å². The SMILES string of the molecule is [CH2]C([CH2])OC(=O)CCC(CCCCCCCCCCCC)OC(=O)NCCCN(C)C. The summed E-state index contributed by atoms with van der Waals surface area (Å²) in [7, 11) is 4.00. The first-order chi connectivity index (χ1) is 14.8. The van der Waals surface area contributed by atoms with Gasteiger partial charge in [-0.15, -0.1) is 0 Å². The van der Waals surface area contributed by atoms with Crippen molar-refractivity contribution in [3.05, 3.63) is 13.8 Å². The van der Waals surface area contributed by atoms with E-state index in [0.29, 0.717) is 13.0 Å². The van der Waals surface area contributed by atoms with E-state index in [9.17, 15) is 9.59 Å². The van der Waals surface area contributed by atoms with Gasteiger partial charge in [0.1, 0.15) is 12.2 Å². The number of amides is 1. The fraction of sp³-hybridized carbons (Fsp3) is 0.840. The molecular formula is C25H48N2O4. The van der Waals surface area contributed by atoms with Gasteiger partial charge in [-0.3, -0.25) is 4.79 Å². The standard InChI is InChI=1S/C25H48N2O4/c1-6-7-8-9-10-11-12-13-14-15-17-23(18-19-24(28)30-22(2)3)31-25(29)26-20-16-21-27(4)5/h22-23H,2-3,6-21H2,1,4-5H3,(H,26,29). The van der Waals surface area contributed by atoms with E-state index in [0.717, 1.165) is 32.2 Å². The van der Waals surface area contributed by atoms with E-state index in [2.05, 4.69) is 31.0 Å². The summed E-state index contributed by atoms with van der Waals surface area (Å²) in [6.45, 7) is 10.9. The topological polar surface area (TPSA) is 67.9 Å². The van der Waals surface area contributed by atoms with Crippen LogP contribution in [0.4, 0.5) is 4.79 Å². The van der Waals surface area contributed by atoms with Gasteiger partial charge in [-0.05, 0) is 60.2 Å². The third-order valence-electron chi connectivity index (χ3n) is 5.17. The Morgan fingerprint density at radius 2 is 1.42 bits per heavy atom. The Morgan fingerprint density at radius 3 is 1.97 bits per heavy atom. The molecule has 0 heterocycles. The largest absolute Gasteiger partial charge is 0.462 e. The summed E-state index contributed by atoms with van der Waals surface area (Å²) >= 11 is 0. The zero-order chi connectivity index (χ0) is 23.3. The number of hydrogen-bond donors (Lipinski definition) is 1. The van der Waals surface area contributed by atoms with Crippen LogP contribution in [0.5, 0.6) is 0 Å². The van der Waals surface area contributed by atoms with Gasteiger partial charge >= 0.3 is 12.1 Å². The molecule has 0 saturated heterocycles. The van der Waals surface area contributed by atoms with Gasteiger partial charge in [-0.25, -0.2) is 4.79 Å². The van der Waals surface area contributed by atoms with Crippen molar-refractivity contribution in [2.45, 2.75) is 109 Å².